The average molecular weight is 461 g/mol. The Hall–Kier alpha value is -0.490. The third-order valence-corrected chi connectivity index (χ3v) is 12.6. The minimum atomic E-state index is -0.511. The highest BCUT2D eigenvalue weighted by atomic mass is 16.7. The van der Waals surface area contributed by atoms with Crippen molar-refractivity contribution in [3.63, 3.8) is 0 Å². The minimum Gasteiger partial charge on any atom is -0.393 e. The molecule has 0 amide bonds. The highest BCUT2D eigenvalue weighted by Gasteiger charge is 2.73. The van der Waals surface area contributed by atoms with Crippen molar-refractivity contribution in [2.75, 3.05) is 6.61 Å². The fourth-order valence-corrected chi connectivity index (χ4v) is 10.3. The first-order valence-corrected chi connectivity index (χ1v) is 13.7. The van der Waals surface area contributed by atoms with Crippen LogP contribution in [-0.4, -0.2) is 46.7 Å². The molecule has 4 saturated carbocycles. The molecule has 13 atom stereocenters. The van der Waals surface area contributed by atoms with Crippen LogP contribution in [0.5, 0.6) is 0 Å². The first-order valence-electron chi connectivity index (χ1n) is 13.7. The maximum atomic E-state index is 14.1. The Kier molecular flexibility index (Phi) is 4.90. The summed E-state index contributed by atoms with van der Waals surface area (Å²) in [6.45, 7) is 12.0. The van der Waals surface area contributed by atoms with Crippen LogP contribution in [0, 0.1) is 51.8 Å². The van der Waals surface area contributed by atoms with E-state index in [4.69, 9.17) is 9.47 Å². The maximum Gasteiger partial charge on any atom is 0.171 e. The van der Waals surface area contributed by atoms with Gasteiger partial charge in [0.1, 0.15) is 5.78 Å². The summed E-state index contributed by atoms with van der Waals surface area (Å²) in [5.41, 5.74) is -0.826. The Balaban J connectivity index is 1.34. The lowest BCUT2D eigenvalue weighted by molar-refractivity contribution is -0.273. The van der Waals surface area contributed by atoms with E-state index in [0.29, 0.717) is 36.4 Å². The number of hydrogen-bond acceptors (Lipinski definition) is 5. The number of Topliss-reactive ketones (excluding diaryl/α,β-unsaturated/α-hetero) is 1. The van der Waals surface area contributed by atoms with Crippen molar-refractivity contribution in [1.82, 2.24) is 0 Å². The van der Waals surface area contributed by atoms with Gasteiger partial charge in [0.15, 0.2) is 5.79 Å². The summed E-state index contributed by atoms with van der Waals surface area (Å²) in [5, 5.41) is 21.9. The van der Waals surface area contributed by atoms with Crippen LogP contribution in [0.25, 0.3) is 0 Å². The van der Waals surface area contributed by atoms with E-state index >= 15 is 0 Å². The van der Waals surface area contributed by atoms with E-state index in [1.165, 1.54) is 0 Å². The fourth-order valence-electron chi connectivity index (χ4n) is 10.3. The van der Waals surface area contributed by atoms with Crippen LogP contribution in [0.3, 0.4) is 0 Å². The molecule has 4 aliphatic carbocycles. The summed E-state index contributed by atoms with van der Waals surface area (Å²) in [6, 6.07) is 0. The summed E-state index contributed by atoms with van der Waals surface area (Å²) in [5.74, 6) is 1.80. The number of carbonyl (C=O) groups excluding carboxylic acids is 1. The Morgan fingerprint density at radius 1 is 0.970 bits per heavy atom. The molecule has 1 spiro atoms. The summed E-state index contributed by atoms with van der Waals surface area (Å²) >= 11 is 0. The molecule has 33 heavy (non-hydrogen) atoms. The Morgan fingerprint density at radius 3 is 2.42 bits per heavy atom. The van der Waals surface area contributed by atoms with Gasteiger partial charge in [0, 0.05) is 35.5 Å². The third kappa shape index (κ3) is 2.72. The highest BCUT2D eigenvalue weighted by molar-refractivity contribution is 5.87. The number of ether oxygens (including phenoxy) is 2. The zero-order valence-electron chi connectivity index (χ0n) is 21.2. The third-order valence-electron chi connectivity index (χ3n) is 12.6. The molecule has 2 N–H and O–H groups in total. The van der Waals surface area contributed by atoms with E-state index in [9.17, 15) is 15.0 Å². The van der Waals surface area contributed by atoms with Crippen molar-refractivity contribution < 1.29 is 24.5 Å². The molecule has 186 valence electrons. The summed E-state index contributed by atoms with van der Waals surface area (Å²) in [7, 11) is 0. The number of aliphatic hydroxyl groups is 2. The molecule has 6 aliphatic rings. The van der Waals surface area contributed by atoms with Crippen molar-refractivity contribution in [2.45, 2.75) is 110 Å². The predicted molar refractivity (Wildman–Crippen MR) is 124 cm³/mol. The lowest BCUT2D eigenvalue weighted by atomic mass is 9.39. The minimum absolute atomic E-state index is 0.0811. The molecule has 5 nitrogen and oxygen atoms in total. The lowest BCUT2D eigenvalue weighted by Gasteiger charge is -2.66. The molecule has 2 saturated heterocycles. The Bertz CT molecular complexity index is 834. The van der Waals surface area contributed by atoms with Gasteiger partial charge in [0.25, 0.3) is 0 Å². The monoisotopic (exact) mass is 460 g/mol. The van der Waals surface area contributed by atoms with Crippen LogP contribution in [-0.2, 0) is 14.3 Å². The van der Waals surface area contributed by atoms with E-state index in [1.807, 2.05) is 0 Å². The van der Waals surface area contributed by atoms with Gasteiger partial charge in [0.05, 0.1) is 24.9 Å². The predicted octanol–water partition coefficient (Wildman–Crippen LogP) is 4.33. The molecule has 0 bridgehead atoms. The molecule has 5 heteroatoms. The van der Waals surface area contributed by atoms with E-state index in [2.05, 4.69) is 34.6 Å². The molecule has 0 radical (unpaired) electrons. The van der Waals surface area contributed by atoms with Gasteiger partial charge in [-0.05, 0) is 67.6 Å². The normalized spacial score (nSPS) is 62.5. The van der Waals surface area contributed by atoms with E-state index in [0.717, 1.165) is 45.1 Å². The molecule has 2 aliphatic heterocycles. The van der Waals surface area contributed by atoms with Crippen molar-refractivity contribution >= 4 is 5.78 Å². The summed E-state index contributed by atoms with van der Waals surface area (Å²) in [6.07, 6.45) is 5.98. The topological polar surface area (TPSA) is 76.0 Å². The van der Waals surface area contributed by atoms with Crippen LogP contribution in [0.2, 0.25) is 0 Å². The number of aliphatic hydroxyl groups excluding tert-OH is 2. The van der Waals surface area contributed by atoms with Gasteiger partial charge in [-0.15, -0.1) is 0 Å². The number of hydrogen-bond donors (Lipinski definition) is 2. The van der Waals surface area contributed by atoms with Gasteiger partial charge in [-0.2, -0.15) is 0 Å². The molecule has 2 heterocycles. The van der Waals surface area contributed by atoms with Gasteiger partial charge < -0.3 is 19.7 Å². The summed E-state index contributed by atoms with van der Waals surface area (Å²) in [4.78, 5) is 14.1. The lowest BCUT2D eigenvalue weighted by Crippen LogP contribution is -2.65. The van der Waals surface area contributed by atoms with E-state index < -0.39 is 11.9 Å². The largest absolute Gasteiger partial charge is 0.393 e. The average Bonchev–Trinajstić information content (AvgIpc) is 3.20. The first kappa shape index (κ1) is 22.9. The van der Waals surface area contributed by atoms with Crippen molar-refractivity contribution in [3.8, 4) is 0 Å². The Morgan fingerprint density at radius 2 is 1.73 bits per heavy atom. The van der Waals surface area contributed by atoms with Crippen molar-refractivity contribution in [3.05, 3.63) is 0 Å². The van der Waals surface area contributed by atoms with Crippen LogP contribution in [0.15, 0.2) is 0 Å². The van der Waals surface area contributed by atoms with Gasteiger partial charge >= 0.3 is 0 Å². The molecule has 0 aromatic rings. The maximum absolute atomic E-state index is 14.1. The van der Waals surface area contributed by atoms with Crippen LogP contribution < -0.4 is 0 Å². The Labute approximate surface area is 199 Å². The number of fused-ring (bicyclic) bond motifs is 7. The van der Waals surface area contributed by atoms with E-state index in [1.54, 1.807) is 0 Å². The van der Waals surface area contributed by atoms with Crippen LogP contribution >= 0.6 is 0 Å². The summed E-state index contributed by atoms with van der Waals surface area (Å²) < 4.78 is 13.2. The zero-order valence-corrected chi connectivity index (χ0v) is 21.2. The molecule has 7 unspecified atom stereocenters. The smallest absolute Gasteiger partial charge is 0.171 e. The molecule has 0 aromatic carbocycles. The number of carbonyl (C=O) groups is 1. The molecular weight excluding hydrogens is 416 g/mol. The SMILES string of the molecule is CC1C2C(CC3C4C[C@@H](O)[C@@]5(C)C[C@@H](O)CC[C@]5(C)C4CC(=O)[C@@]32C)OC12CC[C@@H](C)CO2. The second-order valence-electron chi connectivity index (χ2n) is 13.7. The molecule has 6 rings (SSSR count). The quantitative estimate of drug-likeness (QED) is 0.563. The van der Waals surface area contributed by atoms with Crippen molar-refractivity contribution in [1.29, 1.82) is 0 Å². The highest BCUT2D eigenvalue weighted by Crippen LogP contribution is 2.72. The molecule has 6 fully saturated rings. The second kappa shape index (κ2) is 7.05. The molecule has 0 aromatic heterocycles. The second-order valence-corrected chi connectivity index (χ2v) is 13.7. The van der Waals surface area contributed by atoms with Crippen molar-refractivity contribution in [2.24, 2.45) is 51.8 Å². The first-order chi connectivity index (χ1) is 15.5. The van der Waals surface area contributed by atoms with E-state index in [-0.39, 0.29) is 46.2 Å². The number of ketones is 1. The fraction of sp³-hybridized carbons (Fsp3) is 0.964. The van der Waals surface area contributed by atoms with Gasteiger partial charge in [0.2, 0.25) is 0 Å². The van der Waals surface area contributed by atoms with Gasteiger partial charge in [-0.25, -0.2) is 0 Å². The van der Waals surface area contributed by atoms with Crippen LogP contribution in [0.4, 0.5) is 0 Å². The standard InChI is InChI=1S/C28H44O5/c1-15-6-9-28(32-14-15)16(2)24-21(33-28)11-20-18-10-22(30)26(4)13-17(29)7-8-25(26,3)19(18)12-23(31)27(20,24)5/h15-22,24,29-30H,6-14H2,1-5H3/t15-,16?,17+,18?,19?,20?,21?,22-,24?,25-,26-,27-,28?/m1/s1. The number of rotatable bonds is 0. The molecular formula is C28H44O5. The van der Waals surface area contributed by atoms with Crippen LogP contribution in [0.1, 0.15) is 86.0 Å². The van der Waals surface area contributed by atoms with Gasteiger partial charge in [-0.3, -0.25) is 4.79 Å². The van der Waals surface area contributed by atoms with Gasteiger partial charge in [-0.1, -0.05) is 34.6 Å². The zero-order chi connectivity index (χ0) is 23.6.